The van der Waals surface area contributed by atoms with Crippen molar-refractivity contribution in [3.63, 3.8) is 0 Å². The lowest BCUT2D eigenvalue weighted by molar-refractivity contribution is 0.0792. The maximum absolute atomic E-state index is 13.4. The summed E-state index contributed by atoms with van der Waals surface area (Å²) in [6.07, 6.45) is 2.06. The van der Waals surface area contributed by atoms with E-state index < -0.39 is 5.82 Å². The number of ether oxygens (including phenoxy) is 1. The molecule has 1 aliphatic rings. The number of nitrogens with zero attached hydrogens (tertiary/aromatic N) is 1. The van der Waals surface area contributed by atoms with Crippen LogP contribution in [0.15, 0.2) is 18.2 Å². The first-order valence-corrected chi connectivity index (χ1v) is 5.35. The third-order valence-corrected chi connectivity index (χ3v) is 2.79. The van der Waals surface area contributed by atoms with E-state index in [1.165, 1.54) is 19.2 Å². The summed E-state index contributed by atoms with van der Waals surface area (Å²) in [5, 5.41) is 0. The number of methoxy groups -OCH3 is 1. The molecule has 0 radical (unpaired) electrons. The Morgan fingerprint density at radius 1 is 1.38 bits per heavy atom. The molecular formula is C12H14FNO2. The largest absolute Gasteiger partial charge is 0.494 e. The van der Waals surface area contributed by atoms with Gasteiger partial charge in [-0.2, -0.15) is 0 Å². The van der Waals surface area contributed by atoms with Crippen LogP contribution < -0.4 is 4.74 Å². The summed E-state index contributed by atoms with van der Waals surface area (Å²) in [6, 6.07) is 4.32. The number of benzene rings is 1. The number of hydrogen-bond acceptors (Lipinski definition) is 2. The molecule has 3 nitrogen and oxygen atoms in total. The van der Waals surface area contributed by atoms with Gasteiger partial charge in [-0.25, -0.2) is 4.39 Å². The van der Waals surface area contributed by atoms with Gasteiger partial charge in [0.05, 0.1) is 7.11 Å². The number of carbonyl (C=O) groups is 1. The lowest BCUT2D eigenvalue weighted by atomic mass is 10.2. The van der Waals surface area contributed by atoms with Crippen molar-refractivity contribution < 1.29 is 13.9 Å². The Morgan fingerprint density at radius 3 is 2.62 bits per heavy atom. The molecule has 0 saturated carbocycles. The normalized spacial score (nSPS) is 15.2. The van der Waals surface area contributed by atoms with E-state index >= 15 is 0 Å². The van der Waals surface area contributed by atoms with Crippen molar-refractivity contribution >= 4 is 5.91 Å². The summed E-state index contributed by atoms with van der Waals surface area (Å²) in [4.78, 5) is 13.7. The van der Waals surface area contributed by atoms with Crippen molar-refractivity contribution in [3.8, 4) is 5.75 Å². The standard InChI is InChI=1S/C12H14FNO2/c1-16-11-5-4-9(8-10(11)13)12(15)14-6-2-3-7-14/h4-5,8H,2-3,6-7H2,1H3. The Labute approximate surface area is 93.8 Å². The Kier molecular flexibility index (Phi) is 3.08. The van der Waals surface area contributed by atoms with Crippen LogP contribution in [0.3, 0.4) is 0 Å². The highest BCUT2D eigenvalue weighted by molar-refractivity contribution is 5.94. The van der Waals surface area contributed by atoms with Crippen molar-refractivity contribution in [2.24, 2.45) is 0 Å². The second kappa shape index (κ2) is 4.51. The van der Waals surface area contributed by atoms with Gasteiger partial charge in [-0.3, -0.25) is 4.79 Å². The Morgan fingerprint density at radius 2 is 2.06 bits per heavy atom. The molecule has 0 spiro atoms. The van der Waals surface area contributed by atoms with E-state index in [1.807, 2.05) is 0 Å². The predicted molar refractivity (Wildman–Crippen MR) is 58.1 cm³/mol. The predicted octanol–water partition coefficient (Wildman–Crippen LogP) is 2.07. The molecule has 4 heteroatoms. The molecule has 1 fully saturated rings. The molecule has 86 valence electrons. The van der Waals surface area contributed by atoms with E-state index in [2.05, 4.69) is 0 Å². The summed E-state index contributed by atoms with van der Waals surface area (Å²) >= 11 is 0. The number of hydrogen-bond donors (Lipinski definition) is 0. The van der Waals surface area contributed by atoms with Crippen LogP contribution in [-0.2, 0) is 0 Å². The molecule has 0 bridgehead atoms. The highest BCUT2D eigenvalue weighted by atomic mass is 19.1. The van der Waals surface area contributed by atoms with E-state index in [1.54, 1.807) is 11.0 Å². The first-order chi connectivity index (χ1) is 7.72. The molecule has 0 aromatic heterocycles. The van der Waals surface area contributed by atoms with Gasteiger partial charge in [0.25, 0.3) is 5.91 Å². The van der Waals surface area contributed by atoms with Crippen molar-refractivity contribution in [1.82, 2.24) is 4.90 Å². The zero-order valence-corrected chi connectivity index (χ0v) is 9.20. The second-order valence-electron chi connectivity index (χ2n) is 3.85. The van der Waals surface area contributed by atoms with Gasteiger partial charge in [0.1, 0.15) is 0 Å². The topological polar surface area (TPSA) is 29.5 Å². The van der Waals surface area contributed by atoms with Crippen LogP contribution in [0.2, 0.25) is 0 Å². The van der Waals surface area contributed by atoms with Crippen LogP contribution in [0.5, 0.6) is 5.75 Å². The molecule has 0 N–H and O–H groups in total. The minimum atomic E-state index is -0.493. The quantitative estimate of drug-likeness (QED) is 0.768. The van der Waals surface area contributed by atoms with Crippen LogP contribution in [0.4, 0.5) is 4.39 Å². The highest BCUT2D eigenvalue weighted by Gasteiger charge is 2.20. The first kappa shape index (κ1) is 10.9. The van der Waals surface area contributed by atoms with Gasteiger partial charge < -0.3 is 9.64 Å². The van der Waals surface area contributed by atoms with E-state index in [4.69, 9.17) is 4.74 Å². The van der Waals surface area contributed by atoms with E-state index in [0.717, 1.165) is 25.9 Å². The number of rotatable bonds is 2. The minimum Gasteiger partial charge on any atom is -0.494 e. The maximum Gasteiger partial charge on any atom is 0.253 e. The Bertz CT molecular complexity index is 400. The highest BCUT2D eigenvalue weighted by Crippen LogP contribution is 2.20. The number of halogens is 1. The molecule has 1 saturated heterocycles. The van der Waals surface area contributed by atoms with E-state index in [9.17, 15) is 9.18 Å². The van der Waals surface area contributed by atoms with Crippen LogP contribution in [0.1, 0.15) is 23.2 Å². The molecule has 1 aromatic carbocycles. The van der Waals surface area contributed by atoms with Gasteiger partial charge in [0, 0.05) is 18.7 Å². The molecule has 1 amide bonds. The zero-order valence-electron chi connectivity index (χ0n) is 9.20. The molecule has 2 rings (SSSR count). The van der Waals surface area contributed by atoms with Gasteiger partial charge in [-0.05, 0) is 31.0 Å². The molecule has 0 atom stereocenters. The molecule has 1 aliphatic heterocycles. The molecule has 1 heterocycles. The Hall–Kier alpha value is -1.58. The van der Waals surface area contributed by atoms with Crippen molar-refractivity contribution in [1.29, 1.82) is 0 Å². The molecule has 0 aliphatic carbocycles. The second-order valence-corrected chi connectivity index (χ2v) is 3.85. The Balaban J connectivity index is 2.20. The van der Waals surface area contributed by atoms with Crippen molar-refractivity contribution in [2.75, 3.05) is 20.2 Å². The third kappa shape index (κ3) is 2.01. The van der Waals surface area contributed by atoms with Gasteiger partial charge in [0.15, 0.2) is 11.6 Å². The van der Waals surface area contributed by atoms with Gasteiger partial charge in [0.2, 0.25) is 0 Å². The first-order valence-electron chi connectivity index (χ1n) is 5.35. The fourth-order valence-corrected chi connectivity index (χ4v) is 1.90. The van der Waals surface area contributed by atoms with Crippen LogP contribution >= 0.6 is 0 Å². The third-order valence-electron chi connectivity index (χ3n) is 2.79. The lowest BCUT2D eigenvalue weighted by Crippen LogP contribution is -2.27. The number of carbonyl (C=O) groups excluding carboxylic acids is 1. The fourth-order valence-electron chi connectivity index (χ4n) is 1.90. The summed E-state index contributed by atoms with van der Waals surface area (Å²) < 4.78 is 18.2. The van der Waals surface area contributed by atoms with Crippen molar-refractivity contribution in [2.45, 2.75) is 12.8 Å². The van der Waals surface area contributed by atoms with Crippen molar-refractivity contribution in [3.05, 3.63) is 29.6 Å². The van der Waals surface area contributed by atoms with Gasteiger partial charge in [-0.15, -0.1) is 0 Å². The van der Waals surface area contributed by atoms with Crippen LogP contribution in [-0.4, -0.2) is 31.0 Å². The van der Waals surface area contributed by atoms with Crippen LogP contribution in [0.25, 0.3) is 0 Å². The van der Waals surface area contributed by atoms with Gasteiger partial charge in [-0.1, -0.05) is 0 Å². The minimum absolute atomic E-state index is 0.0981. The average molecular weight is 223 g/mol. The smallest absolute Gasteiger partial charge is 0.253 e. The zero-order chi connectivity index (χ0) is 11.5. The van der Waals surface area contributed by atoms with E-state index in [0.29, 0.717) is 5.56 Å². The van der Waals surface area contributed by atoms with E-state index in [-0.39, 0.29) is 11.7 Å². The fraction of sp³-hybridized carbons (Fsp3) is 0.417. The SMILES string of the molecule is COc1ccc(C(=O)N2CCCC2)cc1F. The summed E-state index contributed by atoms with van der Waals surface area (Å²) in [5.41, 5.74) is 0.389. The monoisotopic (exact) mass is 223 g/mol. The number of likely N-dealkylation sites (tertiary alicyclic amines) is 1. The lowest BCUT2D eigenvalue weighted by Gasteiger charge is -2.15. The molecule has 0 unspecified atom stereocenters. The van der Waals surface area contributed by atoms with Crippen LogP contribution in [0, 0.1) is 5.82 Å². The molecular weight excluding hydrogens is 209 g/mol. The summed E-state index contributed by atoms with van der Waals surface area (Å²) in [7, 11) is 1.40. The van der Waals surface area contributed by atoms with Gasteiger partial charge >= 0.3 is 0 Å². The maximum atomic E-state index is 13.4. The summed E-state index contributed by atoms with van der Waals surface area (Å²) in [6.45, 7) is 1.54. The molecule has 1 aromatic rings. The average Bonchev–Trinajstić information content (AvgIpc) is 2.81. The number of amides is 1. The summed E-state index contributed by atoms with van der Waals surface area (Å²) in [5.74, 6) is -0.426. The molecule has 16 heavy (non-hydrogen) atoms.